The van der Waals surface area contributed by atoms with E-state index in [1.807, 2.05) is 102 Å². The van der Waals surface area contributed by atoms with Gasteiger partial charge in [0.2, 0.25) is 0 Å². The number of nitrogens with zero attached hydrogens (tertiary/aromatic N) is 4. The van der Waals surface area contributed by atoms with Gasteiger partial charge in [-0.15, -0.1) is 0 Å². The number of hydrogen-bond donors (Lipinski definition) is 0. The van der Waals surface area contributed by atoms with Crippen LogP contribution >= 0.6 is 11.3 Å². The molecular weight excluding hydrogens is 560 g/mol. The van der Waals surface area contributed by atoms with Gasteiger partial charge in [0, 0.05) is 17.3 Å². The van der Waals surface area contributed by atoms with Gasteiger partial charge in [0.1, 0.15) is 5.75 Å². The van der Waals surface area contributed by atoms with Crippen LogP contribution in [0.15, 0.2) is 112 Å². The predicted molar refractivity (Wildman–Crippen MR) is 167 cm³/mol. The average Bonchev–Trinajstić information content (AvgIpc) is 3.57. The maximum absolute atomic E-state index is 14.2. The molecule has 0 amide bonds. The molecular formula is C34H30N4O4S. The lowest BCUT2D eigenvalue weighted by Crippen LogP contribution is -2.40. The average molecular weight is 591 g/mol. The van der Waals surface area contributed by atoms with E-state index in [2.05, 4.69) is 0 Å². The van der Waals surface area contributed by atoms with Crippen molar-refractivity contribution in [3.8, 4) is 22.7 Å². The summed E-state index contributed by atoms with van der Waals surface area (Å²) in [4.78, 5) is 32.8. The Morgan fingerprint density at radius 3 is 2.30 bits per heavy atom. The molecule has 1 atom stereocenters. The third-order valence-electron chi connectivity index (χ3n) is 7.11. The van der Waals surface area contributed by atoms with Crippen LogP contribution < -0.4 is 19.6 Å². The highest BCUT2D eigenvalue weighted by atomic mass is 32.1. The van der Waals surface area contributed by atoms with Crippen LogP contribution in [0.3, 0.4) is 0 Å². The lowest BCUT2D eigenvalue weighted by molar-refractivity contribution is -0.143. The third-order valence-corrected chi connectivity index (χ3v) is 8.10. The Balaban J connectivity index is 1.55. The molecule has 0 saturated carbocycles. The molecule has 5 aromatic rings. The Hall–Kier alpha value is -5.02. The van der Waals surface area contributed by atoms with Crippen molar-refractivity contribution >= 4 is 23.4 Å². The van der Waals surface area contributed by atoms with E-state index in [-0.39, 0.29) is 11.7 Å². The second-order valence-corrected chi connectivity index (χ2v) is 11.4. The summed E-state index contributed by atoms with van der Waals surface area (Å²) in [6.45, 7) is 5.37. The number of para-hydroxylation sites is 1. The number of rotatable bonds is 7. The number of methoxy groups -OCH3 is 1. The van der Waals surface area contributed by atoms with E-state index in [9.17, 15) is 9.59 Å². The van der Waals surface area contributed by atoms with Crippen molar-refractivity contribution in [3.05, 3.63) is 133 Å². The number of benzene rings is 3. The topological polar surface area (TPSA) is 87.7 Å². The molecule has 0 saturated heterocycles. The molecule has 1 aliphatic heterocycles. The lowest BCUT2D eigenvalue weighted by Gasteiger charge is -2.25. The zero-order chi connectivity index (χ0) is 30.1. The minimum absolute atomic E-state index is 0.251. The van der Waals surface area contributed by atoms with E-state index < -0.39 is 12.0 Å². The van der Waals surface area contributed by atoms with Crippen LogP contribution in [0, 0.1) is 0 Å². The maximum atomic E-state index is 14.2. The summed E-state index contributed by atoms with van der Waals surface area (Å²) in [7, 11) is 1.59. The van der Waals surface area contributed by atoms with Crippen molar-refractivity contribution < 1.29 is 14.3 Å². The lowest BCUT2D eigenvalue weighted by atomic mass is 9.96. The molecule has 0 unspecified atom stereocenters. The molecule has 0 spiro atoms. The van der Waals surface area contributed by atoms with E-state index in [4.69, 9.17) is 19.6 Å². The number of hydrogen-bond acceptors (Lipinski definition) is 7. The molecule has 43 heavy (non-hydrogen) atoms. The molecule has 1 aliphatic rings. The van der Waals surface area contributed by atoms with Gasteiger partial charge in [0.05, 0.1) is 46.4 Å². The van der Waals surface area contributed by atoms with Crippen LogP contribution in [-0.2, 0) is 9.53 Å². The molecule has 9 heteroatoms. The Kier molecular flexibility index (Phi) is 7.65. The summed E-state index contributed by atoms with van der Waals surface area (Å²) in [5, 5.41) is 4.89. The highest BCUT2D eigenvalue weighted by Crippen LogP contribution is 2.32. The van der Waals surface area contributed by atoms with Crippen molar-refractivity contribution in [2.24, 2.45) is 4.99 Å². The van der Waals surface area contributed by atoms with Crippen molar-refractivity contribution in [1.29, 1.82) is 0 Å². The van der Waals surface area contributed by atoms with E-state index in [0.717, 1.165) is 28.1 Å². The summed E-state index contributed by atoms with van der Waals surface area (Å²) in [6.07, 6.45) is 3.45. The van der Waals surface area contributed by atoms with Gasteiger partial charge in [-0.05, 0) is 56.7 Å². The molecule has 0 radical (unpaired) electrons. The van der Waals surface area contributed by atoms with Gasteiger partial charge in [-0.2, -0.15) is 5.10 Å². The summed E-state index contributed by atoms with van der Waals surface area (Å²) in [5.74, 6) is 0.175. The van der Waals surface area contributed by atoms with Gasteiger partial charge < -0.3 is 9.47 Å². The van der Waals surface area contributed by atoms with Crippen LogP contribution in [0.25, 0.3) is 23.0 Å². The van der Waals surface area contributed by atoms with Gasteiger partial charge in [-0.25, -0.2) is 14.5 Å². The van der Waals surface area contributed by atoms with E-state index in [1.54, 1.807) is 32.4 Å². The van der Waals surface area contributed by atoms with Crippen molar-refractivity contribution in [1.82, 2.24) is 14.3 Å². The summed E-state index contributed by atoms with van der Waals surface area (Å²) in [5.41, 5.74) is 4.72. The van der Waals surface area contributed by atoms with E-state index in [0.29, 0.717) is 26.4 Å². The number of thiazole rings is 1. The van der Waals surface area contributed by atoms with Crippen molar-refractivity contribution in [3.63, 3.8) is 0 Å². The monoisotopic (exact) mass is 590 g/mol. The number of esters is 1. The van der Waals surface area contributed by atoms with Gasteiger partial charge in [-0.3, -0.25) is 9.36 Å². The van der Waals surface area contributed by atoms with Gasteiger partial charge in [0.15, 0.2) is 4.80 Å². The fourth-order valence-corrected chi connectivity index (χ4v) is 6.17. The van der Waals surface area contributed by atoms with E-state index in [1.165, 1.54) is 11.3 Å². The number of allylic oxidation sites excluding steroid dienone is 1. The first-order valence-corrected chi connectivity index (χ1v) is 14.7. The Morgan fingerprint density at radius 1 is 0.977 bits per heavy atom. The number of ether oxygens (including phenoxy) is 2. The molecule has 0 N–H and O–H groups in total. The first kappa shape index (κ1) is 28.1. The third kappa shape index (κ3) is 5.47. The highest BCUT2D eigenvalue weighted by Gasteiger charge is 2.34. The fourth-order valence-electron chi connectivity index (χ4n) is 5.13. The second-order valence-electron chi connectivity index (χ2n) is 10.4. The minimum atomic E-state index is -0.712. The van der Waals surface area contributed by atoms with Crippen LogP contribution in [-0.4, -0.2) is 33.5 Å². The Labute approximate surface area is 252 Å². The van der Waals surface area contributed by atoms with Gasteiger partial charge >= 0.3 is 5.97 Å². The zero-order valence-corrected chi connectivity index (χ0v) is 25.0. The molecule has 0 bridgehead atoms. The highest BCUT2D eigenvalue weighted by molar-refractivity contribution is 7.07. The fraction of sp³-hybridized carbons (Fsp3) is 0.176. The Bertz CT molecular complexity index is 2000. The van der Waals surface area contributed by atoms with Crippen LogP contribution in [0.4, 0.5) is 0 Å². The predicted octanol–water partition coefficient (Wildman–Crippen LogP) is 5.05. The Morgan fingerprint density at radius 2 is 1.65 bits per heavy atom. The molecule has 216 valence electrons. The van der Waals surface area contributed by atoms with Crippen molar-refractivity contribution in [2.45, 2.75) is 32.9 Å². The van der Waals surface area contributed by atoms with Crippen LogP contribution in [0.2, 0.25) is 0 Å². The molecule has 3 heterocycles. The first-order chi connectivity index (χ1) is 20.8. The van der Waals surface area contributed by atoms with Crippen LogP contribution in [0.1, 0.15) is 37.9 Å². The standard InChI is InChI=1S/C34H30N4O4S/c1-21(2)42-33(40)29-22(3)35-34-38(31(29)24-15-17-27(41-4)18-16-24)32(39)28(43-34)19-25-20-37(26-13-9-6-10-14-26)36-30(25)23-11-7-5-8-12-23/h5-21,31H,1-4H3/b28-19+/t31-/m1/s1. The van der Waals surface area contributed by atoms with Crippen LogP contribution in [0.5, 0.6) is 5.75 Å². The minimum Gasteiger partial charge on any atom is -0.497 e. The maximum Gasteiger partial charge on any atom is 0.338 e. The van der Waals surface area contributed by atoms with Gasteiger partial charge in [0.25, 0.3) is 5.56 Å². The zero-order valence-electron chi connectivity index (χ0n) is 24.2. The molecule has 6 rings (SSSR count). The summed E-state index contributed by atoms with van der Waals surface area (Å²) < 4.78 is 14.8. The molecule has 2 aromatic heterocycles. The van der Waals surface area contributed by atoms with E-state index >= 15 is 0 Å². The number of fused-ring (bicyclic) bond motifs is 1. The summed E-state index contributed by atoms with van der Waals surface area (Å²) in [6, 6.07) is 26.4. The number of carbonyl (C=O) groups is 1. The number of aromatic nitrogens is 3. The molecule has 0 fully saturated rings. The van der Waals surface area contributed by atoms with Gasteiger partial charge in [-0.1, -0.05) is 72.0 Å². The molecule has 3 aromatic carbocycles. The summed E-state index contributed by atoms with van der Waals surface area (Å²) >= 11 is 1.28. The largest absolute Gasteiger partial charge is 0.497 e. The quantitative estimate of drug-likeness (QED) is 0.248. The molecule has 0 aliphatic carbocycles. The first-order valence-electron chi connectivity index (χ1n) is 13.9. The SMILES string of the molecule is COc1ccc([C@@H]2C(C(=O)OC(C)C)=C(C)N=c3s/c(=C/c4cn(-c5ccccc5)nc4-c4ccccc4)c(=O)n32)cc1. The van der Waals surface area contributed by atoms with Crippen molar-refractivity contribution in [2.75, 3.05) is 7.11 Å². The number of carbonyl (C=O) groups excluding carboxylic acids is 1. The normalized spacial score (nSPS) is 14.9. The molecule has 8 nitrogen and oxygen atoms in total. The smallest absolute Gasteiger partial charge is 0.338 e. The second kappa shape index (κ2) is 11.7.